The van der Waals surface area contributed by atoms with E-state index in [1.807, 2.05) is 19.1 Å². The second kappa shape index (κ2) is 9.03. The van der Waals surface area contributed by atoms with Gasteiger partial charge in [0, 0.05) is 19.2 Å². The second-order valence-corrected chi connectivity index (χ2v) is 6.09. The summed E-state index contributed by atoms with van der Waals surface area (Å²) in [6.45, 7) is 2.52. The quantitative estimate of drug-likeness (QED) is 0.541. The van der Waals surface area contributed by atoms with Crippen LogP contribution in [0.25, 0.3) is 6.08 Å². The fourth-order valence-corrected chi connectivity index (χ4v) is 2.65. The highest BCUT2D eigenvalue weighted by molar-refractivity contribution is 5.89. The number of hydrogen-bond donors (Lipinski definition) is 0. The molecule has 0 atom stereocenters. The van der Waals surface area contributed by atoms with E-state index >= 15 is 0 Å². The molecule has 146 valence electrons. The average Bonchev–Trinajstić information content (AvgIpc) is 3.17. The number of nitrogens with zero attached hydrogens (tertiary/aromatic N) is 1. The highest BCUT2D eigenvalue weighted by Crippen LogP contribution is 2.32. The molecule has 0 aromatic heterocycles. The smallest absolute Gasteiger partial charge is 0.331 e. The number of fused-ring (bicyclic) bond motifs is 1. The highest BCUT2D eigenvalue weighted by atomic mass is 19.1. The Morgan fingerprint density at radius 2 is 1.89 bits per heavy atom. The lowest BCUT2D eigenvalue weighted by atomic mass is 10.2. The largest absolute Gasteiger partial charge is 0.454 e. The van der Waals surface area contributed by atoms with Gasteiger partial charge in [-0.25, -0.2) is 9.18 Å². The fraction of sp³-hybridized carbons (Fsp3) is 0.238. The first-order valence-corrected chi connectivity index (χ1v) is 8.82. The molecule has 0 saturated carbocycles. The third kappa shape index (κ3) is 5.09. The summed E-state index contributed by atoms with van der Waals surface area (Å²) in [6, 6.07) is 11.2. The topological polar surface area (TPSA) is 65.1 Å². The molecule has 0 unspecified atom stereocenters. The van der Waals surface area contributed by atoms with Crippen LogP contribution in [0.4, 0.5) is 4.39 Å². The maximum Gasteiger partial charge on any atom is 0.331 e. The maximum atomic E-state index is 12.9. The Morgan fingerprint density at radius 3 is 2.64 bits per heavy atom. The van der Waals surface area contributed by atoms with Crippen molar-refractivity contribution in [3.8, 4) is 11.5 Å². The molecule has 28 heavy (non-hydrogen) atoms. The summed E-state index contributed by atoms with van der Waals surface area (Å²) < 4.78 is 28.5. The molecule has 0 N–H and O–H groups in total. The van der Waals surface area contributed by atoms with E-state index in [2.05, 4.69) is 0 Å². The first-order chi connectivity index (χ1) is 13.5. The van der Waals surface area contributed by atoms with Crippen molar-refractivity contribution in [3.63, 3.8) is 0 Å². The van der Waals surface area contributed by atoms with Crippen LogP contribution in [0, 0.1) is 5.82 Å². The Kier molecular flexibility index (Phi) is 6.26. The molecule has 7 heteroatoms. The SMILES string of the molecule is CCN(Cc1ccc2c(c1)OCO2)C(=O)COC(=O)/C=C/c1ccc(F)cc1. The van der Waals surface area contributed by atoms with Crippen LogP contribution < -0.4 is 9.47 Å². The molecule has 6 nitrogen and oxygen atoms in total. The van der Waals surface area contributed by atoms with Gasteiger partial charge in [-0.15, -0.1) is 0 Å². The second-order valence-electron chi connectivity index (χ2n) is 6.09. The normalized spacial score (nSPS) is 12.2. The molecular formula is C21H20FNO5. The Labute approximate surface area is 162 Å². The van der Waals surface area contributed by atoms with Crippen LogP contribution in [0.2, 0.25) is 0 Å². The van der Waals surface area contributed by atoms with Gasteiger partial charge in [0.05, 0.1) is 0 Å². The van der Waals surface area contributed by atoms with E-state index in [4.69, 9.17) is 14.2 Å². The van der Waals surface area contributed by atoms with Crippen LogP contribution in [-0.2, 0) is 20.9 Å². The van der Waals surface area contributed by atoms with Crippen molar-refractivity contribution in [1.29, 1.82) is 0 Å². The molecule has 0 spiro atoms. The first-order valence-electron chi connectivity index (χ1n) is 8.82. The van der Waals surface area contributed by atoms with Gasteiger partial charge in [-0.05, 0) is 48.4 Å². The lowest BCUT2D eigenvalue weighted by molar-refractivity contribution is -0.148. The van der Waals surface area contributed by atoms with Gasteiger partial charge in [0.15, 0.2) is 18.1 Å². The molecule has 0 saturated heterocycles. The lowest BCUT2D eigenvalue weighted by Crippen LogP contribution is -2.33. The van der Waals surface area contributed by atoms with Crippen molar-refractivity contribution in [3.05, 3.63) is 65.5 Å². The lowest BCUT2D eigenvalue weighted by Gasteiger charge is -2.20. The number of carbonyl (C=O) groups is 2. The van der Waals surface area contributed by atoms with E-state index in [1.165, 1.54) is 36.4 Å². The van der Waals surface area contributed by atoms with Crippen molar-refractivity contribution in [2.75, 3.05) is 19.9 Å². The number of likely N-dealkylation sites (N-methyl/N-ethyl adjacent to an activating group) is 1. The summed E-state index contributed by atoms with van der Waals surface area (Å²) in [5.74, 6) is 0.0336. The van der Waals surface area contributed by atoms with Crippen LogP contribution >= 0.6 is 0 Å². The first kappa shape index (κ1) is 19.4. The van der Waals surface area contributed by atoms with Crippen molar-refractivity contribution in [2.24, 2.45) is 0 Å². The predicted octanol–water partition coefficient (Wildman–Crippen LogP) is 3.16. The van der Waals surface area contributed by atoms with Crippen LogP contribution in [0.1, 0.15) is 18.1 Å². The van der Waals surface area contributed by atoms with Crippen molar-refractivity contribution in [2.45, 2.75) is 13.5 Å². The molecule has 1 aliphatic rings. The summed E-state index contributed by atoms with van der Waals surface area (Å²) in [5, 5.41) is 0. The number of carbonyl (C=O) groups excluding carboxylic acids is 2. The Balaban J connectivity index is 1.50. The zero-order valence-electron chi connectivity index (χ0n) is 15.4. The van der Waals surface area contributed by atoms with Crippen molar-refractivity contribution in [1.82, 2.24) is 4.90 Å². The summed E-state index contributed by atoms with van der Waals surface area (Å²) in [6.07, 6.45) is 2.70. The van der Waals surface area contributed by atoms with Gasteiger partial charge < -0.3 is 19.1 Å². The minimum Gasteiger partial charge on any atom is -0.454 e. The number of halogens is 1. The Bertz CT molecular complexity index is 879. The number of amides is 1. The van der Waals surface area contributed by atoms with Gasteiger partial charge in [-0.3, -0.25) is 4.79 Å². The number of hydrogen-bond acceptors (Lipinski definition) is 5. The standard InChI is InChI=1S/C21H20FNO5/c1-2-23(12-16-5-9-18-19(11-16)28-14-27-18)20(24)13-26-21(25)10-6-15-3-7-17(22)8-4-15/h3-11H,2,12-14H2,1H3/b10-6+. The van der Waals surface area contributed by atoms with E-state index in [0.29, 0.717) is 30.2 Å². The molecule has 0 aliphatic carbocycles. The highest BCUT2D eigenvalue weighted by Gasteiger charge is 2.17. The predicted molar refractivity (Wildman–Crippen MR) is 100 cm³/mol. The third-order valence-corrected chi connectivity index (χ3v) is 4.16. The number of rotatable bonds is 7. The van der Waals surface area contributed by atoms with Gasteiger partial charge in [0.2, 0.25) is 6.79 Å². The Hall–Kier alpha value is -3.35. The summed E-state index contributed by atoms with van der Waals surface area (Å²) in [7, 11) is 0. The number of ether oxygens (including phenoxy) is 3. The van der Waals surface area contributed by atoms with Gasteiger partial charge in [0.25, 0.3) is 5.91 Å². The molecule has 1 aliphatic heterocycles. The third-order valence-electron chi connectivity index (χ3n) is 4.16. The van der Waals surface area contributed by atoms with E-state index in [1.54, 1.807) is 11.0 Å². The van der Waals surface area contributed by atoms with Crippen molar-refractivity contribution >= 4 is 18.0 Å². The van der Waals surface area contributed by atoms with E-state index in [0.717, 1.165) is 5.56 Å². The van der Waals surface area contributed by atoms with Gasteiger partial charge in [-0.1, -0.05) is 18.2 Å². The van der Waals surface area contributed by atoms with E-state index < -0.39 is 5.97 Å². The molecule has 0 radical (unpaired) electrons. The van der Waals surface area contributed by atoms with Gasteiger partial charge in [-0.2, -0.15) is 0 Å². The van der Waals surface area contributed by atoms with Gasteiger partial charge in [0.1, 0.15) is 5.82 Å². The van der Waals surface area contributed by atoms with Crippen molar-refractivity contribution < 1.29 is 28.2 Å². The molecule has 0 bridgehead atoms. The van der Waals surface area contributed by atoms with Crippen LogP contribution in [0.15, 0.2) is 48.5 Å². The summed E-state index contributed by atoms with van der Waals surface area (Å²) >= 11 is 0. The van der Waals surface area contributed by atoms with Gasteiger partial charge >= 0.3 is 5.97 Å². The zero-order chi connectivity index (χ0) is 19.9. The Morgan fingerprint density at radius 1 is 1.14 bits per heavy atom. The monoisotopic (exact) mass is 385 g/mol. The minimum atomic E-state index is -0.642. The fourth-order valence-electron chi connectivity index (χ4n) is 2.65. The molecule has 3 rings (SSSR count). The van der Waals surface area contributed by atoms with Crippen LogP contribution in [0.3, 0.4) is 0 Å². The zero-order valence-corrected chi connectivity index (χ0v) is 15.4. The van der Waals surface area contributed by atoms with E-state index in [9.17, 15) is 14.0 Å². The molecule has 1 heterocycles. The molecule has 2 aromatic rings. The number of benzene rings is 2. The van der Waals surface area contributed by atoms with Crippen LogP contribution in [-0.4, -0.2) is 36.7 Å². The minimum absolute atomic E-state index is 0.191. The van der Waals surface area contributed by atoms with Crippen LogP contribution in [0.5, 0.6) is 11.5 Å². The summed E-state index contributed by atoms with van der Waals surface area (Å²) in [5.41, 5.74) is 1.55. The average molecular weight is 385 g/mol. The maximum absolute atomic E-state index is 12.9. The molecular weight excluding hydrogens is 365 g/mol. The summed E-state index contributed by atoms with van der Waals surface area (Å²) in [4.78, 5) is 25.7. The molecule has 0 fully saturated rings. The number of esters is 1. The molecule has 1 amide bonds. The van der Waals surface area contributed by atoms with E-state index in [-0.39, 0.29) is 25.1 Å². The molecule has 2 aromatic carbocycles.